The largest absolute Gasteiger partial charge is 0.494 e. The van der Waals surface area contributed by atoms with Gasteiger partial charge >= 0.3 is 0 Å². The van der Waals surface area contributed by atoms with Crippen molar-refractivity contribution in [3.63, 3.8) is 0 Å². The molecule has 1 nitrogen and oxygen atoms in total. The average Bonchev–Trinajstić information content (AvgIpc) is 2.24. The molecule has 1 heteroatoms. The van der Waals surface area contributed by atoms with E-state index in [-0.39, 0.29) is 0 Å². The van der Waals surface area contributed by atoms with Crippen molar-refractivity contribution >= 4 is 0 Å². The maximum absolute atomic E-state index is 5.43. The second-order valence-corrected chi connectivity index (χ2v) is 3.21. The third-order valence-corrected chi connectivity index (χ3v) is 1.42. The van der Waals surface area contributed by atoms with Crippen LogP contribution in [0.1, 0.15) is 47.0 Å². The van der Waals surface area contributed by atoms with E-state index >= 15 is 0 Å². The Balaban J connectivity index is 0. The van der Waals surface area contributed by atoms with Gasteiger partial charge in [0.15, 0.2) is 0 Å². The first-order chi connectivity index (χ1) is 7.26. The van der Waals surface area contributed by atoms with Crippen molar-refractivity contribution in [1.82, 2.24) is 0 Å². The Kier molecular flexibility index (Phi) is 17.0. The van der Waals surface area contributed by atoms with Gasteiger partial charge in [0.2, 0.25) is 0 Å². The zero-order valence-electron chi connectivity index (χ0n) is 10.8. The van der Waals surface area contributed by atoms with Gasteiger partial charge in [-0.15, -0.1) is 0 Å². The van der Waals surface area contributed by atoms with Gasteiger partial charge < -0.3 is 4.74 Å². The number of hydrogen-bond donors (Lipinski definition) is 0. The molecule has 0 N–H and O–H groups in total. The highest BCUT2D eigenvalue weighted by molar-refractivity contribution is 5.15. The van der Waals surface area contributed by atoms with Crippen molar-refractivity contribution in [3.8, 4) is 0 Å². The summed E-state index contributed by atoms with van der Waals surface area (Å²) in [6.45, 7) is 12.8. The molecule has 0 radical (unpaired) electrons. The monoisotopic (exact) mass is 210 g/mol. The van der Waals surface area contributed by atoms with Gasteiger partial charge in [0.1, 0.15) is 5.76 Å². The standard InChI is InChI=1S/C11H18O.C3H8/c1-4-7-9-11(6-3)12-10-8-5-2;1-3-2/h4,6-7,9H,3,5,8,10H2,1-2H3;3H2,1-2H3/b7-4-,11-9+;. The lowest BCUT2D eigenvalue weighted by molar-refractivity contribution is 0.219. The summed E-state index contributed by atoms with van der Waals surface area (Å²) in [5.41, 5.74) is 0. The van der Waals surface area contributed by atoms with Crippen molar-refractivity contribution in [1.29, 1.82) is 0 Å². The molecule has 88 valence electrons. The van der Waals surface area contributed by atoms with E-state index in [1.54, 1.807) is 6.08 Å². The SMILES string of the molecule is C=C/C(=C\C=C/C)OCCCC.CCC. The molecule has 0 aromatic rings. The average molecular weight is 210 g/mol. The second kappa shape index (κ2) is 15.5. The quantitative estimate of drug-likeness (QED) is 0.345. The molecule has 0 bridgehead atoms. The summed E-state index contributed by atoms with van der Waals surface area (Å²) < 4.78 is 5.43. The second-order valence-electron chi connectivity index (χ2n) is 3.21. The Labute approximate surface area is 95.5 Å². The fourth-order valence-electron chi connectivity index (χ4n) is 0.701. The van der Waals surface area contributed by atoms with Gasteiger partial charge in [0.25, 0.3) is 0 Å². The molecular weight excluding hydrogens is 184 g/mol. The molecule has 0 atom stereocenters. The Morgan fingerprint density at radius 3 is 2.27 bits per heavy atom. The molecule has 0 rings (SSSR count). The van der Waals surface area contributed by atoms with Crippen LogP contribution < -0.4 is 0 Å². The number of rotatable bonds is 6. The molecule has 0 spiro atoms. The van der Waals surface area contributed by atoms with E-state index < -0.39 is 0 Å². The van der Waals surface area contributed by atoms with Gasteiger partial charge in [-0.2, -0.15) is 0 Å². The Morgan fingerprint density at radius 2 is 1.87 bits per heavy atom. The topological polar surface area (TPSA) is 9.23 Å². The summed E-state index contributed by atoms with van der Waals surface area (Å²) in [5, 5.41) is 0. The van der Waals surface area contributed by atoms with Crippen molar-refractivity contribution in [2.24, 2.45) is 0 Å². The molecule has 0 heterocycles. The van der Waals surface area contributed by atoms with Crippen LogP contribution in [-0.2, 0) is 4.74 Å². The van der Waals surface area contributed by atoms with Gasteiger partial charge in [-0.05, 0) is 25.5 Å². The molecular formula is C14H26O. The van der Waals surface area contributed by atoms with Gasteiger partial charge in [0, 0.05) is 0 Å². The fraction of sp³-hybridized carbons (Fsp3) is 0.571. The normalized spacial score (nSPS) is 10.8. The van der Waals surface area contributed by atoms with Crippen LogP contribution in [0.15, 0.2) is 36.6 Å². The Morgan fingerprint density at radius 1 is 1.27 bits per heavy atom. The Bertz CT molecular complexity index is 178. The third-order valence-electron chi connectivity index (χ3n) is 1.42. The van der Waals surface area contributed by atoms with Gasteiger partial charge in [-0.1, -0.05) is 52.3 Å². The van der Waals surface area contributed by atoms with Gasteiger partial charge in [0.05, 0.1) is 6.61 Å². The summed E-state index contributed by atoms with van der Waals surface area (Å²) in [7, 11) is 0. The van der Waals surface area contributed by atoms with Crippen LogP contribution in [0.2, 0.25) is 0 Å². The lowest BCUT2D eigenvalue weighted by atomic mass is 10.3. The molecule has 0 aromatic heterocycles. The number of hydrogen-bond acceptors (Lipinski definition) is 1. The van der Waals surface area contributed by atoms with Crippen LogP contribution >= 0.6 is 0 Å². The van der Waals surface area contributed by atoms with Gasteiger partial charge in [-0.3, -0.25) is 0 Å². The predicted octanol–water partition coefficient (Wildman–Crippen LogP) is 4.87. The predicted molar refractivity (Wildman–Crippen MR) is 69.9 cm³/mol. The fourth-order valence-corrected chi connectivity index (χ4v) is 0.701. The van der Waals surface area contributed by atoms with E-state index in [0.717, 1.165) is 25.2 Å². The van der Waals surface area contributed by atoms with Crippen molar-refractivity contribution in [3.05, 3.63) is 36.6 Å². The maximum Gasteiger partial charge on any atom is 0.118 e. The minimum Gasteiger partial charge on any atom is -0.494 e. The first kappa shape index (κ1) is 16.4. The zero-order valence-corrected chi connectivity index (χ0v) is 10.8. The highest BCUT2D eigenvalue weighted by Crippen LogP contribution is 2.00. The summed E-state index contributed by atoms with van der Waals surface area (Å²) in [6.07, 6.45) is 11.1. The summed E-state index contributed by atoms with van der Waals surface area (Å²) in [5.74, 6) is 0.849. The van der Waals surface area contributed by atoms with Crippen molar-refractivity contribution in [2.75, 3.05) is 6.61 Å². The van der Waals surface area contributed by atoms with Crippen molar-refractivity contribution < 1.29 is 4.74 Å². The molecule has 0 fully saturated rings. The maximum atomic E-state index is 5.43. The van der Waals surface area contributed by atoms with Gasteiger partial charge in [-0.25, -0.2) is 0 Å². The van der Waals surface area contributed by atoms with Crippen LogP contribution in [0.25, 0.3) is 0 Å². The lowest BCUT2D eigenvalue weighted by Gasteiger charge is -2.03. The molecule has 0 saturated carbocycles. The molecule has 0 unspecified atom stereocenters. The minimum absolute atomic E-state index is 0.784. The van der Waals surface area contributed by atoms with Crippen LogP contribution in [0, 0.1) is 0 Å². The number of unbranched alkanes of at least 4 members (excludes halogenated alkanes) is 1. The van der Waals surface area contributed by atoms with Crippen LogP contribution in [0.4, 0.5) is 0 Å². The van der Waals surface area contributed by atoms with E-state index in [2.05, 4.69) is 27.4 Å². The Hall–Kier alpha value is -0.980. The highest BCUT2D eigenvalue weighted by Gasteiger charge is 1.88. The van der Waals surface area contributed by atoms with E-state index in [9.17, 15) is 0 Å². The zero-order chi connectivity index (χ0) is 11.9. The molecule has 15 heavy (non-hydrogen) atoms. The first-order valence-corrected chi connectivity index (χ1v) is 5.84. The molecule has 0 aliphatic heterocycles. The number of ether oxygens (including phenoxy) is 1. The van der Waals surface area contributed by atoms with E-state index in [4.69, 9.17) is 4.74 Å². The molecule has 0 aliphatic carbocycles. The molecule has 0 aromatic carbocycles. The van der Waals surface area contributed by atoms with E-state index in [1.165, 1.54) is 6.42 Å². The molecule has 0 aliphatic rings. The van der Waals surface area contributed by atoms with Crippen LogP contribution in [-0.4, -0.2) is 6.61 Å². The molecule has 0 amide bonds. The van der Waals surface area contributed by atoms with Crippen LogP contribution in [0.3, 0.4) is 0 Å². The minimum atomic E-state index is 0.784. The lowest BCUT2D eigenvalue weighted by Crippen LogP contribution is -1.91. The van der Waals surface area contributed by atoms with E-state index in [1.807, 2.05) is 25.2 Å². The highest BCUT2D eigenvalue weighted by atomic mass is 16.5. The number of allylic oxidation sites excluding steroid dienone is 4. The summed E-state index contributed by atoms with van der Waals surface area (Å²) in [6, 6.07) is 0. The van der Waals surface area contributed by atoms with Crippen LogP contribution in [0.5, 0.6) is 0 Å². The summed E-state index contributed by atoms with van der Waals surface area (Å²) in [4.78, 5) is 0. The third kappa shape index (κ3) is 15.7. The van der Waals surface area contributed by atoms with E-state index in [0.29, 0.717) is 0 Å². The van der Waals surface area contributed by atoms with Crippen molar-refractivity contribution in [2.45, 2.75) is 47.0 Å². The first-order valence-electron chi connectivity index (χ1n) is 5.84. The summed E-state index contributed by atoms with van der Waals surface area (Å²) >= 11 is 0. The molecule has 0 saturated heterocycles. The smallest absolute Gasteiger partial charge is 0.118 e.